The first-order valence-corrected chi connectivity index (χ1v) is 5.18. The molecule has 5 nitrogen and oxygen atoms in total. The zero-order chi connectivity index (χ0) is 11.5. The van der Waals surface area contributed by atoms with Crippen LogP contribution < -0.4 is 0 Å². The van der Waals surface area contributed by atoms with E-state index in [-0.39, 0.29) is 29.2 Å². The molecule has 0 aliphatic carbocycles. The molecule has 86 valence electrons. The number of rotatable bonds is 3. The zero-order valence-electron chi connectivity index (χ0n) is 8.70. The number of benzene rings is 1. The molecule has 1 heterocycles. The molecule has 16 heavy (non-hydrogen) atoms. The van der Waals surface area contributed by atoms with Crippen molar-refractivity contribution >= 4 is 5.69 Å². The minimum atomic E-state index is -0.373. The van der Waals surface area contributed by atoms with Crippen molar-refractivity contribution in [2.24, 2.45) is 0 Å². The second-order valence-corrected chi connectivity index (χ2v) is 3.89. The summed E-state index contributed by atoms with van der Waals surface area (Å²) in [4.78, 5) is 10.5. The van der Waals surface area contributed by atoms with E-state index in [9.17, 15) is 10.1 Å². The number of ether oxygens (including phenoxy) is 1. The van der Waals surface area contributed by atoms with Crippen molar-refractivity contribution in [1.29, 1.82) is 0 Å². The van der Waals surface area contributed by atoms with Crippen molar-refractivity contribution < 1.29 is 14.8 Å². The van der Waals surface area contributed by atoms with Crippen LogP contribution in [0, 0.1) is 10.1 Å². The van der Waals surface area contributed by atoms with Gasteiger partial charge in [-0.1, -0.05) is 18.2 Å². The van der Waals surface area contributed by atoms with Gasteiger partial charge in [0.25, 0.3) is 5.69 Å². The Morgan fingerprint density at radius 1 is 1.50 bits per heavy atom. The van der Waals surface area contributed by atoms with Crippen molar-refractivity contribution in [3.8, 4) is 0 Å². The Labute approximate surface area is 92.8 Å². The molecular weight excluding hydrogens is 210 g/mol. The van der Waals surface area contributed by atoms with E-state index in [0.717, 1.165) is 0 Å². The van der Waals surface area contributed by atoms with Crippen LogP contribution in [0.5, 0.6) is 0 Å². The molecule has 1 N–H and O–H groups in total. The Morgan fingerprint density at radius 3 is 2.88 bits per heavy atom. The lowest BCUT2D eigenvalue weighted by Crippen LogP contribution is -2.09. The van der Waals surface area contributed by atoms with E-state index in [1.165, 1.54) is 6.07 Å². The molecule has 2 atom stereocenters. The third-order valence-corrected chi connectivity index (χ3v) is 2.86. The summed E-state index contributed by atoms with van der Waals surface area (Å²) >= 11 is 0. The van der Waals surface area contributed by atoms with Gasteiger partial charge in [-0.25, -0.2) is 0 Å². The highest BCUT2D eigenvalue weighted by Crippen LogP contribution is 2.34. The van der Waals surface area contributed by atoms with Gasteiger partial charge < -0.3 is 9.84 Å². The molecule has 0 spiro atoms. The molecule has 1 aliphatic rings. The van der Waals surface area contributed by atoms with Crippen molar-refractivity contribution in [2.75, 3.05) is 13.2 Å². The monoisotopic (exact) mass is 223 g/mol. The lowest BCUT2D eigenvalue weighted by atomic mass is 9.95. The molecule has 2 rings (SSSR count). The SMILES string of the molecule is O=[N+]([O-])c1ccccc1[C@@H]1CO[C@@H](CO)C1. The molecular formula is C11H13NO4. The molecule has 0 saturated carbocycles. The van der Waals surface area contributed by atoms with Gasteiger partial charge in [0.05, 0.1) is 24.2 Å². The average Bonchev–Trinajstić information content (AvgIpc) is 2.77. The van der Waals surface area contributed by atoms with E-state index in [1.807, 2.05) is 0 Å². The maximum atomic E-state index is 10.8. The van der Waals surface area contributed by atoms with Gasteiger partial charge in [0.2, 0.25) is 0 Å². The number of nitro benzene ring substituents is 1. The molecule has 0 unspecified atom stereocenters. The van der Waals surface area contributed by atoms with Crippen LogP contribution in [-0.2, 0) is 4.74 Å². The number of hydrogen-bond acceptors (Lipinski definition) is 4. The maximum absolute atomic E-state index is 10.8. The first-order chi connectivity index (χ1) is 7.72. The lowest BCUT2D eigenvalue weighted by molar-refractivity contribution is -0.385. The molecule has 1 aromatic rings. The van der Waals surface area contributed by atoms with Crippen LogP contribution in [0.2, 0.25) is 0 Å². The fraction of sp³-hybridized carbons (Fsp3) is 0.455. The zero-order valence-corrected chi connectivity index (χ0v) is 8.70. The summed E-state index contributed by atoms with van der Waals surface area (Å²) < 4.78 is 5.33. The summed E-state index contributed by atoms with van der Waals surface area (Å²) in [6.45, 7) is 0.410. The van der Waals surface area contributed by atoms with Gasteiger partial charge >= 0.3 is 0 Å². The molecule has 0 bridgehead atoms. The highest BCUT2D eigenvalue weighted by atomic mass is 16.6. The topological polar surface area (TPSA) is 72.6 Å². The van der Waals surface area contributed by atoms with Gasteiger partial charge in [0.1, 0.15) is 0 Å². The van der Waals surface area contributed by atoms with Gasteiger partial charge in [0.15, 0.2) is 0 Å². The van der Waals surface area contributed by atoms with Gasteiger partial charge in [-0.05, 0) is 6.42 Å². The minimum Gasteiger partial charge on any atom is -0.394 e. The molecule has 1 fully saturated rings. The molecule has 5 heteroatoms. The normalized spacial score (nSPS) is 24.6. The summed E-state index contributed by atoms with van der Waals surface area (Å²) in [5.41, 5.74) is 0.832. The van der Waals surface area contributed by atoms with Crippen molar-refractivity contribution in [1.82, 2.24) is 0 Å². The van der Waals surface area contributed by atoms with Crippen LogP contribution in [0.25, 0.3) is 0 Å². The third-order valence-electron chi connectivity index (χ3n) is 2.86. The second-order valence-electron chi connectivity index (χ2n) is 3.89. The minimum absolute atomic E-state index is 0.0127. The molecule has 0 aromatic heterocycles. The van der Waals surface area contributed by atoms with Gasteiger partial charge in [-0.15, -0.1) is 0 Å². The predicted octanol–water partition coefficient (Wildman–Crippen LogP) is 1.46. The summed E-state index contributed by atoms with van der Waals surface area (Å²) in [5, 5.41) is 19.8. The number of aliphatic hydroxyl groups is 1. The Balaban J connectivity index is 2.24. The number of hydrogen-bond donors (Lipinski definition) is 1. The summed E-state index contributed by atoms with van der Waals surface area (Å²) in [5.74, 6) is 0.0127. The van der Waals surface area contributed by atoms with Crippen LogP contribution >= 0.6 is 0 Å². The summed E-state index contributed by atoms with van der Waals surface area (Å²) in [7, 11) is 0. The Morgan fingerprint density at radius 2 is 2.25 bits per heavy atom. The van der Waals surface area contributed by atoms with Crippen LogP contribution in [0.3, 0.4) is 0 Å². The lowest BCUT2D eigenvalue weighted by Gasteiger charge is -2.08. The maximum Gasteiger partial charge on any atom is 0.272 e. The smallest absolute Gasteiger partial charge is 0.272 e. The van der Waals surface area contributed by atoms with Crippen molar-refractivity contribution in [3.63, 3.8) is 0 Å². The highest BCUT2D eigenvalue weighted by molar-refractivity contribution is 5.42. The predicted molar refractivity (Wildman–Crippen MR) is 57.3 cm³/mol. The number of para-hydroxylation sites is 1. The van der Waals surface area contributed by atoms with Crippen molar-refractivity contribution in [3.05, 3.63) is 39.9 Å². The molecule has 0 radical (unpaired) electrons. The fourth-order valence-corrected chi connectivity index (χ4v) is 2.05. The molecule has 1 aliphatic heterocycles. The van der Waals surface area contributed by atoms with Crippen LogP contribution in [0.4, 0.5) is 5.69 Å². The average molecular weight is 223 g/mol. The van der Waals surface area contributed by atoms with Crippen LogP contribution in [-0.4, -0.2) is 29.3 Å². The number of nitrogens with zero attached hydrogens (tertiary/aromatic N) is 1. The molecule has 0 amide bonds. The van der Waals surface area contributed by atoms with E-state index in [1.54, 1.807) is 18.2 Å². The van der Waals surface area contributed by atoms with Gasteiger partial charge in [-0.2, -0.15) is 0 Å². The number of aliphatic hydroxyl groups excluding tert-OH is 1. The number of nitro groups is 1. The van der Waals surface area contributed by atoms with Crippen molar-refractivity contribution in [2.45, 2.75) is 18.4 Å². The largest absolute Gasteiger partial charge is 0.394 e. The Kier molecular flexibility index (Phi) is 3.17. The highest BCUT2D eigenvalue weighted by Gasteiger charge is 2.30. The summed E-state index contributed by atoms with van der Waals surface area (Å²) in [6.07, 6.45) is 0.450. The van der Waals surface area contributed by atoms with E-state index in [4.69, 9.17) is 9.84 Å². The quantitative estimate of drug-likeness (QED) is 0.622. The van der Waals surface area contributed by atoms with Gasteiger partial charge in [0, 0.05) is 17.5 Å². The first kappa shape index (κ1) is 11.0. The molecule has 1 aromatic carbocycles. The van der Waals surface area contributed by atoms with E-state index < -0.39 is 0 Å². The Bertz CT molecular complexity index is 393. The van der Waals surface area contributed by atoms with E-state index >= 15 is 0 Å². The fourth-order valence-electron chi connectivity index (χ4n) is 2.05. The summed E-state index contributed by atoms with van der Waals surface area (Å²) in [6, 6.07) is 6.70. The molecule has 1 saturated heterocycles. The van der Waals surface area contributed by atoms with E-state index in [2.05, 4.69) is 0 Å². The first-order valence-electron chi connectivity index (χ1n) is 5.18. The Hall–Kier alpha value is -1.46. The van der Waals surface area contributed by atoms with Crippen LogP contribution in [0.1, 0.15) is 17.9 Å². The van der Waals surface area contributed by atoms with Gasteiger partial charge in [-0.3, -0.25) is 10.1 Å². The second kappa shape index (κ2) is 4.59. The third kappa shape index (κ3) is 2.05. The van der Waals surface area contributed by atoms with Crippen LogP contribution in [0.15, 0.2) is 24.3 Å². The standard InChI is InChI=1S/C11H13NO4/c13-6-9-5-8(7-16-9)10-3-1-2-4-11(10)12(14)15/h1-4,8-9,13H,5-7H2/t8-,9+/m0/s1. The van der Waals surface area contributed by atoms with E-state index in [0.29, 0.717) is 18.6 Å².